The highest BCUT2D eigenvalue weighted by molar-refractivity contribution is 5.75. The Hall–Kier alpha value is -1.59. The number of ether oxygens (including phenoxy) is 1. The lowest BCUT2D eigenvalue weighted by Gasteiger charge is -2.20. The van der Waals surface area contributed by atoms with Gasteiger partial charge in [-0.2, -0.15) is 8.78 Å². The van der Waals surface area contributed by atoms with Crippen LogP contribution in [-0.4, -0.2) is 5.97 Å². The molecule has 0 N–H and O–H groups in total. The van der Waals surface area contributed by atoms with E-state index >= 15 is 0 Å². The fourth-order valence-corrected chi connectivity index (χ4v) is 2.16. The maximum atomic E-state index is 13.3. The third kappa shape index (κ3) is 2.88. The number of hydrogen-bond acceptors (Lipinski definition) is 2. The minimum Gasteiger partial charge on any atom is -0.420 e. The molecule has 0 radical (unpaired) electrons. The highest BCUT2D eigenvalue weighted by atomic mass is 19.2. The first-order chi connectivity index (χ1) is 9.00. The fraction of sp³-hybridized carbons (Fsp3) is 0.462. The average molecular weight is 276 g/mol. The summed E-state index contributed by atoms with van der Waals surface area (Å²) >= 11 is 0. The Balaban J connectivity index is 2.20. The first-order valence-electron chi connectivity index (χ1n) is 6.05. The molecular weight excluding hydrogens is 264 g/mol. The van der Waals surface area contributed by atoms with Gasteiger partial charge in [-0.05, 0) is 12.8 Å². The average Bonchev–Trinajstić information content (AvgIpc) is 2.42. The second-order valence-corrected chi connectivity index (χ2v) is 4.55. The lowest BCUT2D eigenvalue weighted by Crippen LogP contribution is -2.24. The number of carbonyl (C=O) groups excluding carboxylic acids is 1. The topological polar surface area (TPSA) is 26.3 Å². The minimum atomic E-state index is -1.69. The first-order valence-corrected chi connectivity index (χ1v) is 6.05. The predicted molar refractivity (Wildman–Crippen MR) is 58.5 cm³/mol. The van der Waals surface area contributed by atoms with Gasteiger partial charge in [0.2, 0.25) is 17.4 Å². The molecule has 0 unspecified atom stereocenters. The largest absolute Gasteiger partial charge is 0.420 e. The smallest absolute Gasteiger partial charge is 0.314 e. The molecule has 19 heavy (non-hydrogen) atoms. The van der Waals surface area contributed by atoms with Crippen molar-refractivity contribution in [3.8, 4) is 5.75 Å². The quantitative estimate of drug-likeness (QED) is 0.356. The molecule has 2 rings (SSSR count). The van der Waals surface area contributed by atoms with Gasteiger partial charge in [0.05, 0.1) is 5.92 Å². The van der Waals surface area contributed by atoms with E-state index in [1.807, 2.05) is 0 Å². The van der Waals surface area contributed by atoms with Gasteiger partial charge in [0.15, 0.2) is 11.6 Å². The number of rotatable bonds is 2. The third-order valence-corrected chi connectivity index (χ3v) is 3.21. The molecule has 0 saturated heterocycles. The van der Waals surface area contributed by atoms with E-state index in [2.05, 4.69) is 4.74 Å². The first kappa shape index (κ1) is 13.8. The van der Waals surface area contributed by atoms with Crippen molar-refractivity contribution < 1.29 is 27.1 Å². The number of hydrogen-bond donors (Lipinski definition) is 0. The normalized spacial score (nSPS) is 16.4. The molecule has 0 atom stereocenters. The van der Waals surface area contributed by atoms with E-state index in [1.165, 1.54) is 0 Å². The highest BCUT2D eigenvalue weighted by Gasteiger charge is 2.28. The van der Waals surface area contributed by atoms with Crippen LogP contribution in [0.3, 0.4) is 0 Å². The summed E-state index contributed by atoms with van der Waals surface area (Å²) in [5, 5.41) is 0. The van der Waals surface area contributed by atoms with Crippen molar-refractivity contribution in [1.82, 2.24) is 0 Å². The van der Waals surface area contributed by atoms with Gasteiger partial charge in [0, 0.05) is 6.07 Å². The van der Waals surface area contributed by atoms with Crippen molar-refractivity contribution in [3.05, 3.63) is 29.3 Å². The van der Waals surface area contributed by atoms with Crippen molar-refractivity contribution in [2.75, 3.05) is 0 Å². The summed E-state index contributed by atoms with van der Waals surface area (Å²) in [6.45, 7) is 0. The molecule has 1 aromatic rings. The van der Waals surface area contributed by atoms with Gasteiger partial charge in [0.1, 0.15) is 0 Å². The molecule has 1 aromatic carbocycles. The van der Waals surface area contributed by atoms with E-state index in [0.717, 1.165) is 19.3 Å². The monoisotopic (exact) mass is 276 g/mol. The van der Waals surface area contributed by atoms with Crippen molar-refractivity contribution in [3.63, 3.8) is 0 Å². The van der Waals surface area contributed by atoms with Crippen LogP contribution < -0.4 is 4.74 Å². The van der Waals surface area contributed by atoms with E-state index < -0.39 is 40.9 Å². The van der Waals surface area contributed by atoms with Crippen LogP contribution in [0.25, 0.3) is 0 Å². The zero-order valence-corrected chi connectivity index (χ0v) is 10.0. The maximum absolute atomic E-state index is 13.3. The van der Waals surface area contributed by atoms with Crippen LogP contribution in [0.4, 0.5) is 17.6 Å². The summed E-state index contributed by atoms with van der Waals surface area (Å²) in [5.41, 5.74) is 0. The zero-order chi connectivity index (χ0) is 14.0. The molecule has 1 aliphatic rings. The standard InChI is InChI=1S/C13H12F4O2/c14-8-6-9(15)11(17)12(10(8)16)19-13(18)7-4-2-1-3-5-7/h6-7H,1-5H2. The summed E-state index contributed by atoms with van der Waals surface area (Å²) in [5.74, 6) is -9.18. The lowest BCUT2D eigenvalue weighted by molar-refractivity contribution is -0.140. The predicted octanol–water partition coefficient (Wildman–Crippen LogP) is 3.73. The third-order valence-electron chi connectivity index (χ3n) is 3.21. The Morgan fingerprint density at radius 2 is 1.53 bits per heavy atom. The second kappa shape index (κ2) is 5.59. The molecule has 2 nitrogen and oxygen atoms in total. The number of halogens is 4. The summed E-state index contributed by atoms with van der Waals surface area (Å²) in [4.78, 5) is 11.7. The van der Waals surface area contributed by atoms with E-state index in [9.17, 15) is 22.4 Å². The Bertz CT molecular complexity index is 470. The molecule has 0 spiro atoms. The van der Waals surface area contributed by atoms with Crippen LogP contribution >= 0.6 is 0 Å². The van der Waals surface area contributed by atoms with E-state index in [-0.39, 0.29) is 6.07 Å². The van der Waals surface area contributed by atoms with Gasteiger partial charge in [0.25, 0.3) is 0 Å². The molecule has 0 heterocycles. The Morgan fingerprint density at radius 3 is 2.05 bits per heavy atom. The molecule has 104 valence electrons. The van der Waals surface area contributed by atoms with Crippen molar-refractivity contribution in [1.29, 1.82) is 0 Å². The maximum Gasteiger partial charge on any atom is 0.314 e. The van der Waals surface area contributed by atoms with Crippen LogP contribution in [0.1, 0.15) is 32.1 Å². The summed E-state index contributed by atoms with van der Waals surface area (Å²) < 4.78 is 57.0. The van der Waals surface area contributed by atoms with Crippen molar-refractivity contribution in [2.45, 2.75) is 32.1 Å². The summed E-state index contributed by atoms with van der Waals surface area (Å²) in [6.07, 6.45) is 3.74. The fourth-order valence-electron chi connectivity index (χ4n) is 2.16. The molecule has 6 heteroatoms. The summed E-state index contributed by atoms with van der Waals surface area (Å²) in [6, 6.07) is 0.0720. The van der Waals surface area contributed by atoms with Gasteiger partial charge < -0.3 is 4.74 Å². The molecule has 0 bridgehead atoms. The number of benzene rings is 1. The van der Waals surface area contributed by atoms with Crippen molar-refractivity contribution in [2.24, 2.45) is 5.92 Å². The Morgan fingerprint density at radius 1 is 1.00 bits per heavy atom. The van der Waals surface area contributed by atoms with E-state index in [0.29, 0.717) is 12.8 Å². The van der Waals surface area contributed by atoms with Gasteiger partial charge in [-0.3, -0.25) is 4.79 Å². The van der Waals surface area contributed by atoms with Crippen LogP contribution in [0, 0.1) is 29.2 Å². The minimum absolute atomic E-state index is 0.0720. The van der Waals surface area contributed by atoms with Gasteiger partial charge >= 0.3 is 5.97 Å². The van der Waals surface area contributed by atoms with Crippen LogP contribution in [0.15, 0.2) is 6.07 Å². The molecule has 1 saturated carbocycles. The molecule has 1 fully saturated rings. The van der Waals surface area contributed by atoms with Gasteiger partial charge in [-0.1, -0.05) is 19.3 Å². The number of carbonyl (C=O) groups is 1. The van der Waals surface area contributed by atoms with Crippen LogP contribution in [-0.2, 0) is 4.79 Å². The molecule has 0 aliphatic heterocycles. The van der Waals surface area contributed by atoms with Crippen LogP contribution in [0.5, 0.6) is 5.75 Å². The molecular formula is C13H12F4O2. The Kier molecular flexibility index (Phi) is 4.07. The molecule has 0 amide bonds. The van der Waals surface area contributed by atoms with Gasteiger partial charge in [-0.25, -0.2) is 8.78 Å². The van der Waals surface area contributed by atoms with Gasteiger partial charge in [-0.15, -0.1) is 0 Å². The SMILES string of the molecule is O=C(Oc1c(F)c(F)cc(F)c1F)C1CCCCC1. The van der Waals surface area contributed by atoms with Crippen LogP contribution in [0.2, 0.25) is 0 Å². The molecule has 1 aliphatic carbocycles. The van der Waals surface area contributed by atoms with E-state index in [1.54, 1.807) is 0 Å². The van der Waals surface area contributed by atoms with E-state index in [4.69, 9.17) is 0 Å². The second-order valence-electron chi connectivity index (χ2n) is 4.55. The zero-order valence-electron chi connectivity index (χ0n) is 10.0. The number of esters is 1. The molecule has 0 aromatic heterocycles. The lowest BCUT2D eigenvalue weighted by atomic mass is 9.89. The highest BCUT2D eigenvalue weighted by Crippen LogP contribution is 2.30. The van der Waals surface area contributed by atoms with Crippen molar-refractivity contribution >= 4 is 5.97 Å². The Labute approximate surface area is 107 Å². The summed E-state index contributed by atoms with van der Waals surface area (Å²) in [7, 11) is 0.